The van der Waals surface area contributed by atoms with Crippen LogP contribution >= 0.6 is 0 Å². The van der Waals surface area contributed by atoms with Gasteiger partial charge >= 0.3 is 0 Å². The Balaban J connectivity index is 1.79. The maximum atomic E-state index is 5.93. The minimum absolute atomic E-state index is 0.403. The number of rotatable bonds is 5. The molecule has 1 aliphatic rings. The highest BCUT2D eigenvalue weighted by Gasteiger charge is 2.25. The molecule has 98 valence electrons. The molecule has 1 aromatic rings. The van der Waals surface area contributed by atoms with Crippen LogP contribution in [-0.4, -0.2) is 12.7 Å². The number of ether oxygens (including phenoxy) is 1. The lowest BCUT2D eigenvalue weighted by Crippen LogP contribution is -2.30. The summed E-state index contributed by atoms with van der Waals surface area (Å²) in [5, 5.41) is 0. The second-order valence-electron chi connectivity index (χ2n) is 5.38. The third-order valence-electron chi connectivity index (χ3n) is 3.87. The fourth-order valence-corrected chi connectivity index (χ4v) is 2.84. The molecule has 2 rings (SSSR count). The monoisotopic (exact) mass is 244 g/mol. The summed E-state index contributed by atoms with van der Waals surface area (Å²) in [6.45, 7) is 7.19. The normalized spacial score (nSPS) is 23.8. The van der Waals surface area contributed by atoms with E-state index in [-0.39, 0.29) is 0 Å². The molecule has 1 aromatic carbocycles. The van der Waals surface area contributed by atoms with Crippen LogP contribution in [0.25, 0.3) is 0 Å². The van der Waals surface area contributed by atoms with Crippen molar-refractivity contribution >= 4 is 0 Å². The molecule has 1 fully saturated rings. The van der Waals surface area contributed by atoms with Gasteiger partial charge in [0.15, 0.2) is 0 Å². The minimum atomic E-state index is 0.403. The zero-order valence-electron chi connectivity index (χ0n) is 11.4. The first-order chi connectivity index (χ1) is 8.77. The Morgan fingerprint density at radius 2 is 2.11 bits per heavy atom. The van der Waals surface area contributed by atoms with Gasteiger partial charge in [0.25, 0.3) is 0 Å². The number of hydrogen-bond donors (Lipinski definition) is 0. The van der Waals surface area contributed by atoms with E-state index in [1.54, 1.807) is 0 Å². The van der Waals surface area contributed by atoms with Crippen molar-refractivity contribution in [2.75, 3.05) is 6.61 Å². The van der Waals surface area contributed by atoms with Crippen LogP contribution in [0.1, 0.15) is 38.2 Å². The molecule has 1 saturated heterocycles. The van der Waals surface area contributed by atoms with Gasteiger partial charge in [0.05, 0.1) is 6.10 Å². The summed E-state index contributed by atoms with van der Waals surface area (Å²) in [7, 11) is 0. The second kappa shape index (κ2) is 6.75. The third kappa shape index (κ3) is 3.71. The van der Waals surface area contributed by atoms with E-state index in [9.17, 15) is 0 Å². The quantitative estimate of drug-likeness (QED) is 0.698. The zero-order valence-corrected chi connectivity index (χ0v) is 11.4. The molecule has 0 amide bonds. The fourth-order valence-electron chi connectivity index (χ4n) is 2.84. The van der Waals surface area contributed by atoms with E-state index >= 15 is 0 Å². The summed E-state index contributed by atoms with van der Waals surface area (Å²) in [6.07, 6.45) is 6.37. The molecule has 0 spiro atoms. The molecule has 0 saturated carbocycles. The Labute approximate surface area is 111 Å². The van der Waals surface area contributed by atoms with Crippen molar-refractivity contribution in [3.63, 3.8) is 0 Å². The highest BCUT2D eigenvalue weighted by molar-refractivity contribution is 5.14. The van der Waals surface area contributed by atoms with Crippen LogP contribution in [0.15, 0.2) is 42.5 Å². The van der Waals surface area contributed by atoms with Gasteiger partial charge in [0.1, 0.15) is 0 Å². The smallest absolute Gasteiger partial charge is 0.0640 e. The van der Waals surface area contributed by atoms with Crippen molar-refractivity contribution in [2.45, 2.75) is 45.1 Å². The molecule has 1 heteroatoms. The van der Waals surface area contributed by atoms with Gasteiger partial charge in [-0.1, -0.05) is 42.5 Å². The van der Waals surface area contributed by atoms with Crippen molar-refractivity contribution in [3.05, 3.63) is 48.0 Å². The van der Waals surface area contributed by atoms with Gasteiger partial charge in [-0.15, -0.1) is 0 Å². The Bertz CT molecular complexity index is 368. The summed E-state index contributed by atoms with van der Waals surface area (Å²) >= 11 is 0. The van der Waals surface area contributed by atoms with Gasteiger partial charge in [-0.3, -0.25) is 0 Å². The first-order valence-corrected chi connectivity index (χ1v) is 7.08. The molecular weight excluding hydrogens is 220 g/mol. The lowest BCUT2D eigenvalue weighted by atomic mass is 9.86. The summed E-state index contributed by atoms with van der Waals surface area (Å²) in [5.41, 5.74) is 2.72. The van der Waals surface area contributed by atoms with Crippen LogP contribution in [-0.2, 0) is 11.2 Å². The summed E-state index contributed by atoms with van der Waals surface area (Å²) in [5.74, 6) is 0.578. The standard InChI is InChI=1S/C17H24O/c1-14(2)16-11-7-13-18-17(16)12-6-10-15-8-4-3-5-9-15/h3-5,8-9,16-17H,1,6-7,10-13H2,2H3/t16-,17-/m0/s1. The van der Waals surface area contributed by atoms with E-state index in [1.807, 2.05) is 0 Å². The Morgan fingerprint density at radius 3 is 2.83 bits per heavy atom. The van der Waals surface area contributed by atoms with Crippen LogP contribution in [0.3, 0.4) is 0 Å². The summed E-state index contributed by atoms with van der Waals surface area (Å²) in [4.78, 5) is 0. The van der Waals surface area contributed by atoms with Gasteiger partial charge in [-0.25, -0.2) is 0 Å². The van der Waals surface area contributed by atoms with Crippen LogP contribution in [0.4, 0.5) is 0 Å². The third-order valence-corrected chi connectivity index (χ3v) is 3.87. The van der Waals surface area contributed by atoms with Gasteiger partial charge < -0.3 is 4.74 Å². The molecule has 1 heterocycles. The first-order valence-electron chi connectivity index (χ1n) is 7.08. The van der Waals surface area contributed by atoms with E-state index in [0.717, 1.165) is 19.4 Å². The number of hydrogen-bond acceptors (Lipinski definition) is 1. The van der Waals surface area contributed by atoms with Gasteiger partial charge in [0.2, 0.25) is 0 Å². The molecule has 1 nitrogen and oxygen atoms in total. The highest BCUT2D eigenvalue weighted by Crippen LogP contribution is 2.29. The van der Waals surface area contributed by atoms with E-state index in [0.29, 0.717) is 12.0 Å². The van der Waals surface area contributed by atoms with Crippen LogP contribution in [0.2, 0.25) is 0 Å². The summed E-state index contributed by atoms with van der Waals surface area (Å²) < 4.78 is 5.93. The van der Waals surface area contributed by atoms with E-state index in [2.05, 4.69) is 43.8 Å². The van der Waals surface area contributed by atoms with Crippen LogP contribution in [0.5, 0.6) is 0 Å². The van der Waals surface area contributed by atoms with Crippen molar-refractivity contribution in [3.8, 4) is 0 Å². The predicted molar refractivity (Wildman–Crippen MR) is 76.7 cm³/mol. The van der Waals surface area contributed by atoms with Gasteiger partial charge in [-0.2, -0.15) is 0 Å². The van der Waals surface area contributed by atoms with Crippen molar-refractivity contribution in [2.24, 2.45) is 5.92 Å². The van der Waals surface area contributed by atoms with Crippen LogP contribution in [0, 0.1) is 5.92 Å². The topological polar surface area (TPSA) is 9.23 Å². The molecule has 0 bridgehead atoms. The molecule has 1 aliphatic heterocycles. The van der Waals surface area contributed by atoms with Crippen molar-refractivity contribution in [1.82, 2.24) is 0 Å². The van der Waals surface area contributed by atoms with E-state index in [4.69, 9.17) is 4.74 Å². The van der Waals surface area contributed by atoms with Gasteiger partial charge in [0, 0.05) is 12.5 Å². The lowest BCUT2D eigenvalue weighted by molar-refractivity contribution is -0.0196. The highest BCUT2D eigenvalue weighted by atomic mass is 16.5. The minimum Gasteiger partial charge on any atom is -0.378 e. The predicted octanol–water partition coefficient (Wildman–Crippen LogP) is 4.38. The maximum Gasteiger partial charge on any atom is 0.0640 e. The first kappa shape index (κ1) is 13.4. The second-order valence-corrected chi connectivity index (χ2v) is 5.38. The molecule has 0 radical (unpaired) electrons. The molecule has 0 N–H and O–H groups in total. The van der Waals surface area contributed by atoms with E-state index in [1.165, 1.54) is 30.4 Å². The Morgan fingerprint density at radius 1 is 1.33 bits per heavy atom. The average molecular weight is 244 g/mol. The molecular formula is C17H24O. The Kier molecular flexibility index (Phi) is 5.00. The fraction of sp³-hybridized carbons (Fsp3) is 0.529. The molecule has 2 atom stereocenters. The molecule has 18 heavy (non-hydrogen) atoms. The average Bonchev–Trinajstić information content (AvgIpc) is 2.40. The SMILES string of the molecule is C=C(C)[C@@H]1CCCO[C@H]1CCCc1ccccc1. The molecule has 0 aliphatic carbocycles. The molecule has 0 unspecified atom stereocenters. The molecule has 0 aromatic heterocycles. The van der Waals surface area contributed by atoms with Crippen molar-refractivity contribution in [1.29, 1.82) is 0 Å². The largest absolute Gasteiger partial charge is 0.378 e. The number of aryl methyl sites for hydroxylation is 1. The van der Waals surface area contributed by atoms with Crippen LogP contribution < -0.4 is 0 Å². The van der Waals surface area contributed by atoms with E-state index < -0.39 is 0 Å². The zero-order chi connectivity index (χ0) is 12.8. The Hall–Kier alpha value is -1.08. The summed E-state index contributed by atoms with van der Waals surface area (Å²) in [6, 6.07) is 10.7. The van der Waals surface area contributed by atoms with Gasteiger partial charge in [-0.05, 0) is 44.6 Å². The maximum absolute atomic E-state index is 5.93. The number of benzene rings is 1. The lowest BCUT2D eigenvalue weighted by Gasteiger charge is -2.32. The van der Waals surface area contributed by atoms with Crippen molar-refractivity contribution < 1.29 is 4.74 Å².